The minimum Gasteiger partial charge on any atom is -0.312 e. The Labute approximate surface area is 34.8 Å². The topological polar surface area (TPSA) is 107 Å². The van der Waals surface area contributed by atoms with Crippen LogP contribution in [0.1, 0.15) is 0 Å². The fourth-order valence-corrected chi connectivity index (χ4v) is 0. The molecule has 0 aromatic heterocycles. The van der Waals surface area contributed by atoms with Gasteiger partial charge in [-0.15, -0.1) is 0 Å². The highest BCUT2D eigenvalue weighted by Crippen LogP contribution is 1.14. The highest BCUT2D eigenvalue weighted by molar-refractivity contribution is 5.31. The molecule has 5 nitrogen and oxygen atoms in total. The Morgan fingerprint density at radius 1 is 1.50 bits per heavy atom. The van der Waals surface area contributed by atoms with Crippen molar-refractivity contribution in [3.8, 4) is 0 Å². The van der Waals surface area contributed by atoms with Gasteiger partial charge < -0.3 is 5.84 Å². The van der Waals surface area contributed by atoms with E-state index in [2.05, 4.69) is 22.6 Å². The molecule has 0 aromatic carbocycles. The largest absolute Gasteiger partial charge is 0.312 e. The van der Waals surface area contributed by atoms with E-state index in [1.807, 2.05) is 0 Å². The van der Waals surface area contributed by atoms with Gasteiger partial charge in [-0.05, 0) is 0 Å². The Morgan fingerprint density at radius 2 is 1.67 bits per heavy atom. The third-order valence-electron chi connectivity index (χ3n) is 0.0527. The lowest BCUT2D eigenvalue weighted by molar-refractivity contribution is 0.563. The summed E-state index contributed by atoms with van der Waals surface area (Å²) in [7, 11) is 0. The maximum Gasteiger partial charge on any atom is 0.257 e. The van der Waals surface area contributed by atoms with Gasteiger partial charge in [0.15, 0.2) is 0 Å². The molecular formula is CH6N4O. The molecule has 0 heterocycles. The molecule has 36 valence electrons. The second-order valence-corrected chi connectivity index (χ2v) is 0.220. The Hall–Kier alpha value is -0.900. The highest BCUT2D eigenvalue weighted by atomic mass is 16.1. The number of carbonyl (C=O) groups excluding carboxylic acids is 1. The van der Waals surface area contributed by atoms with E-state index < -0.39 is 0 Å². The van der Waals surface area contributed by atoms with Gasteiger partial charge in [0.2, 0.25) is 0 Å². The molecule has 6 N–H and O–H groups in total. The third-order valence-corrected chi connectivity index (χ3v) is 0.0527. The Kier molecular flexibility index (Phi) is 48.4. The van der Waals surface area contributed by atoms with Gasteiger partial charge in [0, 0.05) is 0 Å². The molecule has 0 aliphatic heterocycles. The summed E-state index contributed by atoms with van der Waals surface area (Å²) in [6, 6.07) is 0. The van der Waals surface area contributed by atoms with Crippen LogP contribution < -0.4 is 17.5 Å². The lowest BCUT2D eigenvalue weighted by Crippen LogP contribution is -2.02. The fraction of sp³-hybridized carbons (Fsp3) is 0. The molecule has 0 saturated carbocycles. The van der Waals surface area contributed by atoms with E-state index in [-0.39, 0.29) is 0 Å². The summed E-state index contributed by atoms with van der Waals surface area (Å²) in [4.78, 5) is 8.76. The minimum absolute atomic E-state index is 1.08. The van der Waals surface area contributed by atoms with Crippen LogP contribution in [0.5, 0.6) is 0 Å². The predicted octanol–water partition coefficient (Wildman–Crippen LogP) is -1.99. The van der Waals surface area contributed by atoms with Gasteiger partial charge in [-0.1, -0.05) is 5.10 Å². The van der Waals surface area contributed by atoms with E-state index in [1.165, 1.54) is 0 Å². The molecule has 5 heteroatoms. The summed E-state index contributed by atoms with van der Waals surface area (Å²) < 4.78 is 0. The number of hydrazine groups is 1. The molecule has 0 spiro atoms. The van der Waals surface area contributed by atoms with Crippen LogP contribution in [0.4, 0.5) is 0 Å². The molecule has 0 amide bonds. The van der Waals surface area contributed by atoms with Crippen molar-refractivity contribution in [1.82, 2.24) is 0 Å². The number of isocyanates is 1. The second-order valence-electron chi connectivity index (χ2n) is 0.220. The Bertz CT molecular complexity index is 45.5. The standard InChI is InChI=1S/CH2N2O.H4N2/c2-3-1-4;1-2/h2H2;1-2H2. The molecule has 0 unspecified atom stereocenters. The number of hydrogen-bond donors (Lipinski definition) is 3. The zero-order valence-corrected chi connectivity index (χ0v) is 3.09. The maximum atomic E-state index is 8.76. The van der Waals surface area contributed by atoms with Gasteiger partial charge in [-0.3, -0.25) is 11.7 Å². The average molecular weight is 90.1 g/mol. The van der Waals surface area contributed by atoms with Crippen molar-refractivity contribution in [2.24, 2.45) is 22.6 Å². The Balaban J connectivity index is 0. The van der Waals surface area contributed by atoms with Crippen LogP contribution in [0.15, 0.2) is 5.10 Å². The molecule has 6 heavy (non-hydrogen) atoms. The van der Waals surface area contributed by atoms with Crippen molar-refractivity contribution in [3.05, 3.63) is 0 Å². The smallest absolute Gasteiger partial charge is 0.257 e. The number of hydrazone groups is 1. The normalized spacial score (nSPS) is 3.67. The molecule has 0 saturated heterocycles. The van der Waals surface area contributed by atoms with Crippen LogP contribution in [0.25, 0.3) is 0 Å². The zero-order chi connectivity index (χ0) is 5.41. The molecule has 0 radical (unpaired) electrons. The molecule has 0 aliphatic rings. The van der Waals surface area contributed by atoms with Crippen LogP contribution in [-0.2, 0) is 4.79 Å². The van der Waals surface area contributed by atoms with Gasteiger partial charge in [-0.2, -0.15) is 0 Å². The molecule has 0 rings (SSSR count). The predicted molar refractivity (Wildman–Crippen MR) is 20.7 cm³/mol. The van der Waals surface area contributed by atoms with Gasteiger partial charge in [0.05, 0.1) is 0 Å². The Morgan fingerprint density at radius 3 is 1.67 bits per heavy atom. The first kappa shape index (κ1) is 8.92. The summed E-state index contributed by atoms with van der Waals surface area (Å²) in [5.74, 6) is 12.2. The van der Waals surface area contributed by atoms with Crippen molar-refractivity contribution >= 4 is 6.08 Å². The molecule has 0 atom stereocenters. The van der Waals surface area contributed by atoms with Crippen LogP contribution in [0, 0.1) is 0 Å². The van der Waals surface area contributed by atoms with E-state index >= 15 is 0 Å². The summed E-state index contributed by atoms with van der Waals surface area (Å²) >= 11 is 0. The van der Waals surface area contributed by atoms with Crippen LogP contribution in [-0.4, -0.2) is 6.08 Å². The van der Waals surface area contributed by atoms with Crippen molar-refractivity contribution in [1.29, 1.82) is 0 Å². The van der Waals surface area contributed by atoms with E-state index in [1.54, 1.807) is 0 Å². The summed E-state index contributed by atoms with van der Waals surface area (Å²) in [6.07, 6.45) is 1.08. The first-order chi connectivity index (χ1) is 2.91. The number of hydrogen-bond acceptors (Lipinski definition) is 5. The van der Waals surface area contributed by atoms with Gasteiger partial charge in [0.25, 0.3) is 6.08 Å². The van der Waals surface area contributed by atoms with Crippen LogP contribution in [0.2, 0.25) is 0 Å². The fourth-order valence-electron chi connectivity index (χ4n) is 0. The van der Waals surface area contributed by atoms with E-state index in [4.69, 9.17) is 4.79 Å². The molecule has 0 aliphatic carbocycles. The van der Waals surface area contributed by atoms with Crippen molar-refractivity contribution < 1.29 is 4.79 Å². The quantitative estimate of drug-likeness (QED) is 0.138. The van der Waals surface area contributed by atoms with Gasteiger partial charge in [-0.25, -0.2) is 4.79 Å². The highest BCUT2D eigenvalue weighted by Gasteiger charge is 1.27. The number of nitrogens with two attached hydrogens (primary N) is 3. The average Bonchev–Trinajstić information content (AvgIpc) is 1.72. The maximum absolute atomic E-state index is 8.76. The number of nitrogens with zero attached hydrogens (tertiary/aromatic N) is 1. The van der Waals surface area contributed by atoms with Crippen molar-refractivity contribution in [2.75, 3.05) is 0 Å². The van der Waals surface area contributed by atoms with E-state index in [9.17, 15) is 0 Å². The SMILES string of the molecule is NN.NN=C=O. The lowest BCUT2D eigenvalue weighted by Gasteiger charge is -1.41. The third kappa shape index (κ3) is 1370. The first-order valence-electron chi connectivity index (χ1n) is 1.02. The van der Waals surface area contributed by atoms with Gasteiger partial charge in [0.1, 0.15) is 0 Å². The van der Waals surface area contributed by atoms with E-state index in [0.29, 0.717) is 0 Å². The summed E-state index contributed by atoms with van der Waals surface area (Å²) in [5.41, 5.74) is 0. The lowest BCUT2D eigenvalue weighted by atomic mass is 11.6. The van der Waals surface area contributed by atoms with Crippen LogP contribution >= 0.6 is 0 Å². The molecule has 0 fully saturated rings. The molecule has 0 bridgehead atoms. The van der Waals surface area contributed by atoms with Gasteiger partial charge >= 0.3 is 0 Å². The van der Waals surface area contributed by atoms with E-state index in [0.717, 1.165) is 6.08 Å². The van der Waals surface area contributed by atoms with Crippen LogP contribution in [0.3, 0.4) is 0 Å². The molecule has 0 aromatic rings. The second kappa shape index (κ2) is 32.6. The zero-order valence-electron chi connectivity index (χ0n) is 3.09. The monoisotopic (exact) mass is 90.1 g/mol. The van der Waals surface area contributed by atoms with Crippen molar-refractivity contribution in [3.63, 3.8) is 0 Å². The molecular weight excluding hydrogens is 84.0 g/mol. The summed E-state index contributed by atoms with van der Waals surface area (Å²) in [5, 5.41) is 2.43. The minimum atomic E-state index is 1.08. The first-order valence-corrected chi connectivity index (χ1v) is 1.02. The van der Waals surface area contributed by atoms with Crippen molar-refractivity contribution in [2.45, 2.75) is 0 Å². The summed E-state index contributed by atoms with van der Waals surface area (Å²) in [6.45, 7) is 0. The number of rotatable bonds is 0.